The number of carbonyl (C=O) groups excluding carboxylic acids is 2. The van der Waals surface area contributed by atoms with E-state index in [4.69, 9.17) is 4.74 Å². The van der Waals surface area contributed by atoms with Gasteiger partial charge in [-0.15, -0.1) is 11.3 Å². The first-order chi connectivity index (χ1) is 16.9. The number of ether oxygens (including phenoxy) is 1. The highest BCUT2D eigenvalue weighted by Crippen LogP contribution is 2.43. The number of para-hydroxylation sites is 1. The minimum atomic E-state index is -0.800. The van der Waals surface area contributed by atoms with Crippen LogP contribution >= 0.6 is 11.3 Å². The highest BCUT2D eigenvalue weighted by atomic mass is 32.1. The summed E-state index contributed by atoms with van der Waals surface area (Å²) in [6.07, 6.45) is 2.42. The molecule has 6 nitrogen and oxygen atoms in total. The van der Waals surface area contributed by atoms with Gasteiger partial charge in [0.05, 0.1) is 24.3 Å². The van der Waals surface area contributed by atoms with Crippen LogP contribution in [0.15, 0.2) is 65.7 Å². The van der Waals surface area contributed by atoms with Gasteiger partial charge in [0.15, 0.2) is 0 Å². The maximum atomic E-state index is 14.1. The monoisotopic (exact) mass is 490 g/mol. The molecule has 1 fully saturated rings. The number of aliphatic hydroxyl groups is 1. The number of amides is 1. The van der Waals surface area contributed by atoms with E-state index >= 15 is 0 Å². The smallest absolute Gasteiger partial charge is 0.295 e. The third-order valence-corrected chi connectivity index (χ3v) is 7.47. The van der Waals surface area contributed by atoms with Crippen LogP contribution in [0.3, 0.4) is 0 Å². The molecule has 1 aliphatic rings. The van der Waals surface area contributed by atoms with E-state index in [9.17, 15) is 19.1 Å². The van der Waals surface area contributed by atoms with Crippen molar-refractivity contribution in [2.75, 3.05) is 13.7 Å². The molecular weight excluding hydrogens is 467 g/mol. The average Bonchev–Trinajstić information content (AvgIpc) is 3.54. The number of fused-ring (bicyclic) bond motifs is 1. The zero-order valence-corrected chi connectivity index (χ0v) is 20.0. The normalized spacial score (nSPS) is 17.5. The summed E-state index contributed by atoms with van der Waals surface area (Å²) in [7, 11) is 1.39. The predicted octanol–water partition coefficient (Wildman–Crippen LogP) is 5.35. The van der Waals surface area contributed by atoms with Gasteiger partial charge in [-0.25, -0.2) is 4.39 Å². The van der Waals surface area contributed by atoms with Crippen LogP contribution in [0.5, 0.6) is 5.75 Å². The van der Waals surface area contributed by atoms with Crippen molar-refractivity contribution in [1.29, 1.82) is 0 Å². The molecule has 0 aliphatic carbocycles. The molecule has 2 aromatic heterocycles. The number of nitrogens with zero attached hydrogens (tertiary/aromatic N) is 1. The molecule has 0 radical (unpaired) electrons. The van der Waals surface area contributed by atoms with Crippen molar-refractivity contribution in [2.24, 2.45) is 0 Å². The molecule has 4 aromatic rings. The summed E-state index contributed by atoms with van der Waals surface area (Å²) in [6, 6.07) is 12.7. The Labute approximate surface area is 205 Å². The fourth-order valence-electron chi connectivity index (χ4n) is 4.64. The Hall–Kier alpha value is -3.91. The van der Waals surface area contributed by atoms with E-state index in [-0.39, 0.29) is 23.4 Å². The van der Waals surface area contributed by atoms with Crippen molar-refractivity contribution >= 4 is 39.7 Å². The first kappa shape index (κ1) is 22.9. The summed E-state index contributed by atoms with van der Waals surface area (Å²) in [6.45, 7) is 2.17. The summed E-state index contributed by atoms with van der Waals surface area (Å²) in [4.78, 5) is 32.0. The van der Waals surface area contributed by atoms with Crippen LogP contribution in [0, 0.1) is 12.7 Å². The molecule has 1 aliphatic heterocycles. The molecule has 3 heterocycles. The number of carbonyl (C=O) groups is 2. The Bertz CT molecular complexity index is 1490. The van der Waals surface area contributed by atoms with Gasteiger partial charge in [0.2, 0.25) is 0 Å². The van der Waals surface area contributed by atoms with Crippen molar-refractivity contribution in [1.82, 2.24) is 9.88 Å². The van der Waals surface area contributed by atoms with E-state index in [1.54, 1.807) is 0 Å². The number of benzene rings is 2. The predicted molar refractivity (Wildman–Crippen MR) is 133 cm³/mol. The second kappa shape index (κ2) is 9.03. The van der Waals surface area contributed by atoms with Gasteiger partial charge in [0.1, 0.15) is 17.3 Å². The van der Waals surface area contributed by atoms with Crippen LogP contribution in [0.25, 0.3) is 16.7 Å². The Morgan fingerprint density at radius 2 is 2.00 bits per heavy atom. The van der Waals surface area contributed by atoms with Crippen molar-refractivity contribution in [3.63, 3.8) is 0 Å². The lowest BCUT2D eigenvalue weighted by Crippen LogP contribution is -2.31. The number of aliphatic hydroxyl groups excluding tert-OH is 1. The molecule has 1 amide bonds. The minimum absolute atomic E-state index is 0.0290. The molecular formula is C27H23FN2O4S. The number of hydrogen-bond donors (Lipinski definition) is 2. The number of halogens is 1. The number of Topliss-reactive ketones (excluding diaryl/α,β-unsaturated/α-hetero) is 1. The Morgan fingerprint density at radius 3 is 2.74 bits per heavy atom. The van der Waals surface area contributed by atoms with Gasteiger partial charge in [-0.2, -0.15) is 0 Å². The largest absolute Gasteiger partial charge is 0.507 e. The molecule has 0 bridgehead atoms. The van der Waals surface area contributed by atoms with Crippen LogP contribution < -0.4 is 4.74 Å². The fourth-order valence-corrected chi connectivity index (χ4v) is 5.68. The van der Waals surface area contributed by atoms with Gasteiger partial charge in [-0.05, 0) is 60.2 Å². The minimum Gasteiger partial charge on any atom is -0.507 e. The number of H-pyrrole nitrogens is 1. The molecule has 0 spiro atoms. The third-order valence-electron chi connectivity index (χ3n) is 6.40. The number of nitrogens with one attached hydrogen (secondary N) is 1. The fraction of sp³-hybridized carbons (Fsp3) is 0.185. The van der Waals surface area contributed by atoms with Crippen molar-refractivity contribution < 1.29 is 23.8 Å². The molecule has 1 saturated heterocycles. The number of aromatic nitrogens is 1. The molecule has 1 unspecified atom stereocenters. The van der Waals surface area contributed by atoms with Crippen LogP contribution in [0.4, 0.5) is 4.39 Å². The highest BCUT2D eigenvalue weighted by molar-refractivity contribution is 7.10. The summed E-state index contributed by atoms with van der Waals surface area (Å²) >= 11 is 1.41. The zero-order chi connectivity index (χ0) is 24.7. The lowest BCUT2D eigenvalue weighted by Gasteiger charge is -2.25. The molecule has 1 atom stereocenters. The molecule has 2 N–H and O–H groups in total. The van der Waals surface area contributed by atoms with Crippen molar-refractivity contribution in [2.45, 2.75) is 19.4 Å². The Balaban J connectivity index is 1.60. The van der Waals surface area contributed by atoms with E-state index in [1.165, 1.54) is 35.5 Å². The second-order valence-electron chi connectivity index (χ2n) is 8.41. The maximum Gasteiger partial charge on any atom is 0.295 e. The number of aromatic amines is 1. The van der Waals surface area contributed by atoms with Crippen molar-refractivity contribution in [3.8, 4) is 5.75 Å². The summed E-state index contributed by atoms with van der Waals surface area (Å²) in [5, 5.41) is 14.2. The maximum absolute atomic E-state index is 14.1. The molecule has 8 heteroatoms. The summed E-state index contributed by atoms with van der Waals surface area (Å²) in [5.41, 5.74) is 2.88. The lowest BCUT2D eigenvalue weighted by molar-refractivity contribution is -0.139. The number of hydrogen-bond acceptors (Lipinski definition) is 5. The van der Waals surface area contributed by atoms with E-state index < -0.39 is 29.3 Å². The first-order valence-electron chi connectivity index (χ1n) is 11.1. The quantitative estimate of drug-likeness (QED) is 0.217. The molecule has 178 valence electrons. The zero-order valence-electron chi connectivity index (χ0n) is 19.2. The Kier molecular flexibility index (Phi) is 5.90. The van der Waals surface area contributed by atoms with E-state index in [0.717, 1.165) is 33.0 Å². The van der Waals surface area contributed by atoms with Crippen LogP contribution in [0.2, 0.25) is 0 Å². The SMILES string of the molecule is COc1ccc(F)cc1/C(O)=C1/C(=O)C(=O)N(CCc2c[nH]c3ccccc23)C1c1sccc1C. The molecule has 5 rings (SSSR count). The average molecular weight is 491 g/mol. The Morgan fingerprint density at radius 1 is 1.20 bits per heavy atom. The number of ketones is 1. The van der Waals surface area contributed by atoms with Crippen molar-refractivity contribution in [3.05, 3.63) is 93.1 Å². The van der Waals surface area contributed by atoms with Crippen LogP contribution in [-0.4, -0.2) is 40.3 Å². The number of thiophene rings is 1. The number of aryl methyl sites for hydroxylation is 1. The number of likely N-dealkylation sites (tertiary alicyclic amines) is 1. The van der Waals surface area contributed by atoms with Crippen LogP contribution in [0.1, 0.15) is 27.6 Å². The first-order valence-corrected chi connectivity index (χ1v) is 12.0. The van der Waals surface area contributed by atoms with Gasteiger partial charge >= 0.3 is 0 Å². The molecule has 35 heavy (non-hydrogen) atoms. The summed E-state index contributed by atoms with van der Waals surface area (Å²) < 4.78 is 19.4. The van der Waals surface area contributed by atoms with Crippen LogP contribution in [-0.2, 0) is 16.0 Å². The highest BCUT2D eigenvalue weighted by Gasteiger charge is 2.47. The standard InChI is InChI=1S/C27H23FN2O4S/c1-15-10-12-35-26(15)23-22(24(31)19-13-17(28)7-8-21(19)34-2)25(32)27(33)30(23)11-9-16-14-29-20-6-4-3-5-18(16)20/h3-8,10,12-14,23,29,31H,9,11H2,1-2H3/b24-22-. The van der Waals surface area contributed by atoms with Gasteiger partial charge in [-0.3, -0.25) is 9.59 Å². The van der Waals surface area contributed by atoms with E-state index in [0.29, 0.717) is 6.42 Å². The van der Waals surface area contributed by atoms with E-state index in [1.807, 2.05) is 48.8 Å². The van der Waals surface area contributed by atoms with Gasteiger partial charge in [0.25, 0.3) is 11.7 Å². The second-order valence-corrected chi connectivity index (χ2v) is 9.36. The summed E-state index contributed by atoms with van der Waals surface area (Å²) in [5.74, 6) is -2.34. The topological polar surface area (TPSA) is 82.6 Å². The van der Waals surface area contributed by atoms with Gasteiger partial charge < -0.3 is 19.7 Å². The molecule has 0 saturated carbocycles. The van der Waals surface area contributed by atoms with E-state index in [2.05, 4.69) is 4.98 Å². The third kappa shape index (κ3) is 3.89. The van der Waals surface area contributed by atoms with Gasteiger partial charge in [-0.1, -0.05) is 18.2 Å². The van der Waals surface area contributed by atoms with Gasteiger partial charge in [0, 0.05) is 28.5 Å². The number of methoxy groups -OCH3 is 1. The number of rotatable bonds is 6. The molecule has 2 aromatic carbocycles. The lowest BCUT2D eigenvalue weighted by atomic mass is 9.97.